The van der Waals surface area contributed by atoms with Crippen LogP contribution in [0.15, 0.2) is 37.1 Å². The van der Waals surface area contributed by atoms with Crippen LogP contribution in [0.4, 0.5) is 5.69 Å². The molecule has 0 unspecified atom stereocenters. The van der Waals surface area contributed by atoms with Gasteiger partial charge in [-0.05, 0) is 18.6 Å². The van der Waals surface area contributed by atoms with Gasteiger partial charge in [-0.3, -0.25) is 9.59 Å². The summed E-state index contributed by atoms with van der Waals surface area (Å²) in [5, 5.41) is 5.08. The summed E-state index contributed by atoms with van der Waals surface area (Å²) in [7, 11) is 0. The quantitative estimate of drug-likeness (QED) is 0.491. The van der Waals surface area contributed by atoms with Gasteiger partial charge in [-0.2, -0.15) is 0 Å². The molecule has 2 rings (SSSR count). The molecule has 2 aromatic rings. The summed E-state index contributed by atoms with van der Waals surface area (Å²) in [5.74, 6) is -1.48. The number of aromatic nitrogens is 3. The number of rotatable bonds is 5. The number of imidazole rings is 1. The van der Waals surface area contributed by atoms with Gasteiger partial charge in [0.2, 0.25) is 0 Å². The largest absolute Gasteiger partial charge is 0.348 e. The summed E-state index contributed by atoms with van der Waals surface area (Å²) in [6.07, 6.45) is 7.40. The van der Waals surface area contributed by atoms with Crippen LogP contribution in [0.2, 0.25) is 5.15 Å². The molecule has 0 saturated heterocycles. The molecule has 110 valence electrons. The van der Waals surface area contributed by atoms with Crippen LogP contribution in [0.1, 0.15) is 6.42 Å². The SMILES string of the molecule is O=C(NCCCn1ccnc1)C(=O)Nc1cccnc1Cl. The minimum atomic E-state index is -0.771. The minimum Gasteiger partial charge on any atom is -0.348 e. The van der Waals surface area contributed by atoms with E-state index in [1.165, 1.54) is 6.20 Å². The zero-order valence-corrected chi connectivity index (χ0v) is 11.9. The summed E-state index contributed by atoms with van der Waals surface area (Å²) in [5.41, 5.74) is 0.303. The van der Waals surface area contributed by atoms with Crippen molar-refractivity contribution in [3.63, 3.8) is 0 Å². The molecule has 0 aliphatic rings. The maximum Gasteiger partial charge on any atom is 0.313 e. The Morgan fingerprint density at radius 1 is 1.29 bits per heavy atom. The lowest BCUT2D eigenvalue weighted by atomic mass is 10.4. The molecule has 2 amide bonds. The fourth-order valence-corrected chi connectivity index (χ4v) is 1.79. The zero-order chi connectivity index (χ0) is 15.1. The molecule has 0 fully saturated rings. The van der Waals surface area contributed by atoms with E-state index in [9.17, 15) is 9.59 Å². The Balaban J connectivity index is 1.73. The summed E-state index contributed by atoms with van der Waals surface area (Å²) >= 11 is 5.79. The molecule has 2 heterocycles. The molecule has 0 aromatic carbocycles. The van der Waals surface area contributed by atoms with Crippen LogP contribution in [0.5, 0.6) is 0 Å². The van der Waals surface area contributed by atoms with Crippen LogP contribution in [-0.4, -0.2) is 32.9 Å². The van der Waals surface area contributed by atoms with E-state index in [2.05, 4.69) is 20.6 Å². The Hall–Kier alpha value is -2.41. The van der Waals surface area contributed by atoms with E-state index < -0.39 is 11.8 Å². The summed E-state index contributed by atoms with van der Waals surface area (Å²) in [4.78, 5) is 31.0. The molecule has 0 bridgehead atoms. The first-order valence-electron chi connectivity index (χ1n) is 6.32. The Morgan fingerprint density at radius 3 is 2.86 bits per heavy atom. The second kappa shape index (κ2) is 7.39. The fourth-order valence-electron chi connectivity index (χ4n) is 1.62. The molecule has 0 radical (unpaired) electrons. The predicted molar refractivity (Wildman–Crippen MR) is 77.7 cm³/mol. The number of halogens is 1. The van der Waals surface area contributed by atoms with Crippen LogP contribution < -0.4 is 10.6 Å². The zero-order valence-electron chi connectivity index (χ0n) is 11.1. The van der Waals surface area contributed by atoms with E-state index in [1.54, 1.807) is 24.7 Å². The van der Waals surface area contributed by atoms with E-state index in [0.29, 0.717) is 18.7 Å². The Bertz CT molecular complexity index is 615. The lowest BCUT2D eigenvalue weighted by Gasteiger charge is -2.07. The number of carbonyl (C=O) groups is 2. The molecule has 2 N–H and O–H groups in total. The molecule has 7 nitrogen and oxygen atoms in total. The molecule has 8 heteroatoms. The first-order chi connectivity index (χ1) is 10.2. The smallest absolute Gasteiger partial charge is 0.313 e. The highest BCUT2D eigenvalue weighted by atomic mass is 35.5. The maximum absolute atomic E-state index is 11.7. The third-order valence-corrected chi connectivity index (χ3v) is 2.95. The molecule has 2 aromatic heterocycles. The van der Waals surface area contributed by atoms with Crippen molar-refractivity contribution in [3.05, 3.63) is 42.2 Å². The number of hydrogen-bond acceptors (Lipinski definition) is 4. The monoisotopic (exact) mass is 307 g/mol. The standard InChI is InChI=1S/C13H14ClN5O2/c14-11-10(3-1-4-16-11)18-13(21)12(20)17-5-2-7-19-8-6-15-9-19/h1,3-4,6,8-9H,2,5,7H2,(H,17,20)(H,18,21). The van der Waals surface area contributed by atoms with Crippen molar-refractivity contribution in [3.8, 4) is 0 Å². The lowest BCUT2D eigenvalue weighted by molar-refractivity contribution is -0.136. The normalized spacial score (nSPS) is 10.1. The highest BCUT2D eigenvalue weighted by Gasteiger charge is 2.14. The highest BCUT2D eigenvalue weighted by molar-refractivity contribution is 6.41. The second-order valence-corrected chi connectivity index (χ2v) is 4.56. The van der Waals surface area contributed by atoms with Crippen LogP contribution in [0.3, 0.4) is 0 Å². The third kappa shape index (κ3) is 4.57. The van der Waals surface area contributed by atoms with Gasteiger partial charge in [0.1, 0.15) is 0 Å². The van der Waals surface area contributed by atoms with Crippen LogP contribution in [0.25, 0.3) is 0 Å². The van der Waals surface area contributed by atoms with Crippen molar-refractivity contribution >= 4 is 29.1 Å². The number of nitrogens with one attached hydrogen (secondary N) is 2. The molecule has 0 spiro atoms. The van der Waals surface area contributed by atoms with Gasteiger partial charge in [-0.25, -0.2) is 9.97 Å². The average molecular weight is 308 g/mol. The Morgan fingerprint density at radius 2 is 2.14 bits per heavy atom. The number of anilines is 1. The molecular weight excluding hydrogens is 294 g/mol. The number of amides is 2. The van der Waals surface area contributed by atoms with Crippen LogP contribution in [0, 0.1) is 0 Å². The van der Waals surface area contributed by atoms with Crippen molar-refractivity contribution in [2.75, 3.05) is 11.9 Å². The minimum absolute atomic E-state index is 0.138. The number of carbonyl (C=O) groups excluding carboxylic acids is 2. The van der Waals surface area contributed by atoms with Crippen molar-refractivity contribution in [2.45, 2.75) is 13.0 Å². The van der Waals surface area contributed by atoms with Gasteiger partial charge >= 0.3 is 11.8 Å². The molecule has 0 saturated carbocycles. The van der Waals surface area contributed by atoms with Gasteiger partial charge in [-0.15, -0.1) is 0 Å². The summed E-state index contributed by atoms with van der Waals surface area (Å²) in [6, 6.07) is 3.18. The van der Waals surface area contributed by atoms with Gasteiger partial charge in [0.15, 0.2) is 5.15 Å². The number of hydrogen-bond donors (Lipinski definition) is 2. The topological polar surface area (TPSA) is 88.9 Å². The van der Waals surface area contributed by atoms with Crippen molar-refractivity contribution in [2.24, 2.45) is 0 Å². The van der Waals surface area contributed by atoms with Crippen molar-refractivity contribution < 1.29 is 9.59 Å². The van der Waals surface area contributed by atoms with E-state index in [1.807, 2.05) is 10.8 Å². The van der Waals surface area contributed by atoms with Gasteiger partial charge < -0.3 is 15.2 Å². The van der Waals surface area contributed by atoms with E-state index >= 15 is 0 Å². The third-order valence-electron chi connectivity index (χ3n) is 2.65. The Labute approximate surface area is 126 Å². The molecule has 0 atom stereocenters. The maximum atomic E-state index is 11.7. The van der Waals surface area contributed by atoms with E-state index in [-0.39, 0.29) is 5.15 Å². The molecule has 0 aliphatic carbocycles. The van der Waals surface area contributed by atoms with Gasteiger partial charge in [-0.1, -0.05) is 11.6 Å². The predicted octanol–water partition coefficient (Wildman–Crippen LogP) is 1.08. The second-order valence-electron chi connectivity index (χ2n) is 4.21. The van der Waals surface area contributed by atoms with E-state index in [0.717, 1.165) is 6.54 Å². The number of nitrogens with zero attached hydrogens (tertiary/aromatic N) is 3. The first-order valence-corrected chi connectivity index (χ1v) is 6.70. The fraction of sp³-hybridized carbons (Fsp3) is 0.231. The summed E-state index contributed by atoms with van der Waals surface area (Å²) < 4.78 is 1.89. The molecule has 0 aliphatic heterocycles. The summed E-state index contributed by atoms with van der Waals surface area (Å²) in [6.45, 7) is 1.11. The lowest BCUT2D eigenvalue weighted by Crippen LogP contribution is -2.36. The Kier molecular flexibility index (Phi) is 5.28. The van der Waals surface area contributed by atoms with Crippen LogP contribution >= 0.6 is 11.6 Å². The van der Waals surface area contributed by atoms with Crippen molar-refractivity contribution in [1.29, 1.82) is 0 Å². The average Bonchev–Trinajstić information content (AvgIpc) is 2.99. The molecule has 21 heavy (non-hydrogen) atoms. The van der Waals surface area contributed by atoms with E-state index in [4.69, 9.17) is 11.6 Å². The van der Waals surface area contributed by atoms with Crippen molar-refractivity contribution in [1.82, 2.24) is 19.9 Å². The number of aryl methyl sites for hydroxylation is 1. The molecular formula is C13H14ClN5O2. The van der Waals surface area contributed by atoms with Gasteiger partial charge in [0.05, 0.1) is 12.0 Å². The first kappa shape index (κ1) is 15.0. The number of pyridine rings is 1. The van der Waals surface area contributed by atoms with Gasteiger partial charge in [0.25, 0.3) is 0 Å². The highest BCUT2D eigenvalue weighted by Crippen LogP contribution is 2.16. The van der Waals surface area contributed by atoms with Crippen LogP contribution in [-0.2, 0) is 16.1 Å². The van der Waals surface area contributed by atoms with Gasteiger partial charge in [0, 0.05) is 31.7 Å².